The Balaban J connectivity index is 1.82. The Morgan fingerprint density at radius 2 is 1.84 bits per heavy atom. The molecule has 8 nitrogen and oxygen atoms in total. The Labute approximate surface area is 177 Å². The molecule has 0 atom stereocenters. The first-order valence-electron chi connectivity index (χ1n) is 9.66. The van der Waals surface area contributed by atoms with Gasteiger partial charge in [0.1, 0.15) is 11.3 Å². The molecule has 0 radical (unpaired) electrons. The molecule has 164 valence electrons. The number of hydrogen-bond donors (Lipinski definition) is 2. The number of anilines is 2. The van der Waals surface area contributed by atoms with Gasteiger partial charge >= 0.3 is 6.03 Å². The van der Waals surface area contributed by atoms with Gasteiger partial charge in [-0.25, -0.2) is 18.6 Å². The highest BCUT2D eigenvalue weighted by atomic mass is 19.1. The number of H-pyrrole nitrogens is 1. The van der Waals surface area contributed by atoms with Gasteiger partial charge in [-0.15, -0.1) is 0 Å². The zero-order chi connectivity index (χ0) is 22.3. The number of ether oxygens (including phenoxy) is 2. The molecule has 0 aliphatic carbocycles. The quantitative estimate of drug-likeness (QED) is 0.623. The molecular weight excluding hydrogens is 410 g/mol. The number of aryl methyl sites for hydroxylation is 1. The smallest absolute Gasteiger partial charge is 0.329 e. The van der Waals surface area contributed by atoms with Crippen LogP contribution in [0.2, 0.25) is 0 Å². The van der Waals surface area contributed by atoms with Crippen molar-refractivity contribution < 1.29 is 28.2 Å². The van der Waals surface area contributed by atoms with E-state index in [1.165, 1.54) is 19.1 Å². The SMILES string of the molecule is COc1cc(OC)c(F)c(N2Cc3cnc4[nH]c(CCCO)cc4c3N(C)C2=O)c1F. The molecule has 1 aromatic carbocycles. The Morgan fingerprint density at radius 1 is 1.16 bits per heavy atom. The van der Waals surface area contributed by atoms with Crippen LogP contribution in [0.25, 0.3) is 11.0 Å². The summed E-state index contributed by atoms with van der Waals surface area (Å²) >= 11 is 0. The standard InChI is InChI=1S/C21H22F2N4O4/c1-26-18-11(9-24-20-13(18)7-12(25-20)5-4-6-28)10-27(21(26)29)19-16(22)14(30-2)8-15(31-3)17(19)23/h7-9,28H,4-6,10H2,1-3H3,(H,24,25). The van der Waals surface area contributed by atoms with E-state index in [4.69, 9.17) is 14.6 Å². The first-order chi connectivity index (χ1) is 14.9. The van der Waals surface area contributed by atoms with Crippen LogP contribution in [0.15, 0.2) is 18.3 Å². The number of rotatable bonds is 6. The molecule has 0 saturated heterocycles. The highest BCUT2D eigenvalue weighted by Crippen LogP contribution is 2.42. The van der Waals surface area contributed by atoms with Gasteiger partial charge in [0, 0.05) is 42.6 Å². The fourth-order valence-electron chi connectivity index (χ4n) is 3.87. The summed E-state index contributed by atoms with van der Waals surface area (Å²) in [6.45, 7) is -0.0157. The third-order valence-corrected chi connectivity index (χ3v) is 5.37. The molecule has 2 amide bonds. The van der Waals surface area contributed by atoms with Gasteiger partial charge in [-0.3, -0.25) is 9.80 Å². The van der Waals surface area contributed by atoms with E-state index in [1.807, 2.05) is 6.07 Å². The number of nitrogens with one attached hydrogen (secondary N) is 1. The third kappa shape index (κ3) is 3.32. The first kappa shape index (κ1) is 20.9. The second kappa shape index (κ2) is 8.03. The lowest BCUT2D eigenvalue weighted by molar-refractivity contribution is 0.250. The van der Waals surface area contributed by atoms with Crippen molar-refractivity contribution in [3.05, 3.63) is 41.2 Å². The van der Waals surface area contributed by atoms with Gasteiger partial charge in [-0.2, -0.15) is 0 Å². The number of carbonyl (C=O) groups is 1. The molecule has 3 aromatic rings. The molecule has 2 aromatic heterocycles. The van der Waals surface area contributed by atoms with Crippen molar-refractivity contribution in [3.63, 3.8) is 0 Å². The van der Waals surface area contributed by atoms with E-state index in [-0.39, 0.29) is 24.7 Å². The van der Waals surface area contributed by atoms with Gasteiger partial charge in [-0.05, 0) is 18.9 Å². The first-order valence-corrected chi connectivity index (χ1v) is 9.66. The fraction of sp³-hybridized carbons (Fsp3) is 0.333. The summed E-state index contributed by atoms with van der Waals surface area (Å²) in [5, 5.41) is 9.79. The molecule has 10 heteroatoms. The largest absolute Gasteiger partial charge is 0.493 e. The molecule has 3 heterocycles. The zero-order valence-electron chi connectivity index (χ0n) is 17.3. The molecular formula is C21H22F2N4O4. The number of benzene rings is 1. The summed E-state index contributed by atoms with van der Waals surface area (Å²) in [5.41, 5.74) is 2.18. The van der Waals surface area contributed by atoms with Crippen LogP contribution in [0, 0.1) is 11.6 Å². The average molecular weight is 432 g/mol. The summed E-state index contributed by atoms with van der Waals surface area (Å²) in [6.07, 6.45) is 2.80. The fourth-order valence-corrected chi connectivity index (χ4v) is 3.87. The topological polar surface area (TPSA) is 90.9 Å². The van der Waals surface area contributed by atoms with E-state index in [9.17, 15) is 4.79 Å². The number of methoxy groups -OCH3 is 2. The minimum atomic E-state index is -0.993. The number of pyridine rings is 1. The number of aromatic amines is 1. The van der Waals surface area contributed by atoms with Crippen molar-refractivity contribution in [3.8, 4) is 11.5 Å². The number of amides is 2. The second-order valence-electron chi connectivity index (χ2n) is 7.20. The van der Waals surface area contributed by atoms with E-state index >= 15 is 8.78 Å². The molecule has 1 aliphatic heterocycles. The van der Waals surface area contributed by atoms with Gasteiger partial charge in [0.15, 0.2) is 23.1 Å². The molecule has 31 heavy (non-hydrogen) atoms. The van der Waals surface area contributed by atoms with Crippen LogP contribution < -0.4 is 19.3 Å². The lowest BCUT2D eigenvalue weighted by Gasteiger charge is -2.35. The maximum Gasteiger partial charge on any atom is 0.329 e. The predicted octanol–water partition coefficient (Wildman–Crippen LogP) is 3.36. The number of aliphatic hydroxyl groups is 1. The number of halogens is 2. The lowest BCUT2D eigenvalue weighted by Crippen LogP contribution is -2.46. The number of nitrogens with zero attached hydrogens (tertiary/aromatic N) is 3. The van der Waals surface area contributed by atoms with Crippen molar-refractivity contribution in [2.45, 2.75) is 19.4 Å². The van der Waals surface area contributed by atoms with Crippen molar-refractivity contribution >= 4 is 28.4 Å². The molecule has 1 aliphatic rings. The van der Waals surface area contributed by atoms with Crippen LogP contribution >= 0.6 is 0 Å². The average Bonchev–Trinajstić information content (AvgIpc) is 3.18. The van der Waals surface area contributed by atoms with Crippen LogP contribution in [0.5, 0.6) is 11.5 Å². The molecule has 0 bridgehead atoms. The van der Waals surface area contributed by atoms with Gasteiger partial charge in [-0.1, -0.05) is 0 Å². The number of hydrogen-bond acceptors (Lipinski definition) is 5. The summed E-state index contributed by atoms with van der Waals surface area (Å²) in [4.78, 5) is 23.1. The lowest BCUT2D eigenvalue weighted by atomic mass is 10.1. The number of carbonyl (C=O) groups excluding carboxylic acids is 1. The maximum atomic E-state index is 15.0. The second-order valence-corrected chi connectivity index (χ2v) is 7.20. The molecule has 0 fully saturated rings. The van der Waals surface area contributed by atoms with Gasteiger partial charge in [0.2, 0.25) is 0 Å². The Bertz CT molecular complexity index is 1140. The Kier molecular flexibility index (Phi) is 5.40. The zero-order valence-corrected chi connectivity index (χ0v) is 17.3. The summed E-state index contributed by atoms with van der Waals surface area (Å²) < 4.78 is 40.0. The minimum absolute atomic E-state index is 0.0649. The van der Waals surface area contributed by atoms with Crippen LogP contribution in [0.3, 0.4) is 0 Å². The van der Waals surface area contributed by atoms with Gasteiger partial charge < -0.3 is 19.6 Å². The summed E-state index contributed by atoms with van der Waals surface area (Å²) in [5.74, 6) is -2.45. The molecule has 0 saturated carbocycles. The summed E-state index contributed by atoms with van der Waals surface area (Å²) in [7, 11) is 4.04. The van der Waals surface area contributed by atoms with Crippen molar-refractivity contribution in [1.82, 2.24) is 9.97 Å². The third-order valence-electron chi connectivity index (χ3n) is 5.37. The number of aromatic nitrogens is 2. The van der Waals surface area contributed by atoms with Gasteiger partial charge in [0.25, 0.3) is 0 Å². The highest BCUT2D eigenvalue weighted by molar-refractivity contribution is 6.11. The van der Waals surface area contributed by atoms with Crippen LogP contribution in [0.4, 0.5) is 25.0 Å². The normalized spacial score (nSPS) is 13.7. The number of fused-ring (bicyclic) bond motifs is 3. The highest BCUT2D eigenvalue weighted by Gasteiger charge is 2.36. The molecule has 0 unspecified atom stereocenters. The summed E-state index contributed by atoms with van der Waals surface area (Å²) in [6, 6.07) is 2.37. The van der Waals surface area contributed by atoms with Crippen molar-refractivity contribution in [2.24, 2.45) is 0 Å². The number of aliphatic hydroxyl groups excluding tert-OH is 1. The molecule has 0 spiro atoms. The Morgan fingerprint density at radius 3 is 2.45 bits per heavy atom. The van der Waals surface area contributed by atoms with Crippen molar-refractivity contribution in [2.75, 3.05) is 37.7 Å². The monoisotopic (exact) mass is 432 g/mol. The van der Waals surface area contributed by atoms with Crippen LogP contribution in [-0.2, 0) is 13.0 Å². The van der Waals surface area contributed by atoms with E-state index in [1.54, 1.807) is 13.2 Å². The Hall–Kier alpha value is -3.40. The van der Waals surface area contributed by atoms with Gasteiger partial charge in [0.05, 0.1) is 26.5 Å². The predicted molar refractivity (Wildman–Crippen MR) is 111 cm³/mol. The number of urea groups is 1. The van der Waals surface area contributed by atoms with Crippen molar-refractivity contribution in [1.29, 1.82) is 0 Å². The van der Waals surface area contributed by atoms with Crippen LogP contribution in [-0.4, -0.2) is 49.0 Å². The van der Waals surface area contributed by atoms with Crippen LogP contribution in [0.1, 0.15) is 17.7 Å². The molecule has 4 rings (SSSR count). The maximum absolute atomic E-state index is 15.0. The van der Waals surface area contributed by atoms with E-state index in [0.29, 0.717) is 29.7 Å². The molecule has 2 N–H and O–H groups in total. The van der Waals surface area contributed by atoms with E-state index in [2.05, 4.69) is 9.97 Å². The van der Waals surface area contributed by atoms with E-state index in [0.717, 1.165) is 22.0 Å². The van der Waals surface area contributed by atoms with E-state index < -0.39 is 23.4 Å². The minimum Gasteiger partial charge on any atom is -0.493 e.